The van der Waals surface area contributed by atoms with Gasteiger partial charge in [-0.15, -0.1) is 0 Å². The number of halogens is 1. The number of aromatic nitrogens is 4. The number of alkyl halides is 1. The Hall–Kier alpha value is -2.38. The van der Waals surface area contributed by atoms with Crippen LogP contribution in [0, 0.1) is 0 Å². The number of nitrogens with zero attached hydrogens (tertiary/aromatic N) is 4. The highest BCUT2D eigenvalue weighted by Gasteiger charge is 2.61. The molecule has 0 bridgehead atoms. The highest BCUT2D eigenvalue weighted by molar-refractivity contribution is 7.51. The first-order chi connectivity index (χ1) is 15.7. The van der Waals surface area contributed by atoms with Crippen LogP contribution in [0.1, 0.15) is 33.4 Å². The Kier molecular flexibility index (Phi) is 6.56. The largest absolute Gasteiger partial charge is 0.476 e. The van der Waals surface area contributed by atoms with Gasteiger partial charge in [-0.25, -0.2) is 19.0 Å². The molecular formula is C18H26FN6O7P. The van der Waals surface area contributed by atoms with Gasteiger partial charge in [0.2, 0.25) is 11.8 Å². The molecule has 0 aromatic carbocycles. The fourth-order valence-corrected chi connectivity index (χ4v) is 5.38. The number of fused-ring (bicyclic) bond motifs is 2. The van der Waals surface area contributed by atoms with Crippen LogP contribution in [0.4, 0.5) is 10.3 Å². The van der Waals surface area contributed by atoms with Crippen LogP contribution in [0.5, 0.6) is 5.88 Å². The van der Waals surface area contributed by atoms with Crippen LogP contribution in [0.2, 0.25) is 0 Å². The predicted octanol–water partition coefficient (Wildman–Crippen LogP) is 1.50. The molecule has 13 nitrogen and oxygen atoms in total. The van der Waals surface area contributed by atoms with Crippen molar-refractivity contribution in [1.82, 2.24) is 24.6 Å². The number of carbonyl (C=O) groups is 1. The summed E-state index contributed by atoms with van der Waals surface area (Å²) in [6, 6.07) is 0. The third kappa shape index (κ3) is 4.53. The first-order valence-electron chi connectivity index (χ1n) is 10.5. The van der Waals surface area contributed by atoms with E-state index in [-0.39, 0.29) is 43.7 Å². The van der Waals surface area contributed by atoms with Gasteiger partial charge < -0.3 is 19.9 Å². The van der Waals surface area contributed by atoms with Crippen molar-refractivity contribution in [1.29, 1.82) is 0 Å². The van der Waals surface area contributed by atoms with Gasteiger partial charge in [0, 0.05) is 6.54 Å². The van der Waals surface area contributed by atoms with Crippen LogP contribution in [0.3, 0.4) is 0 Å². The van der Waals surface area contributed by atoms with E-state index in [1.807, 2.05) is 0 Å². The normalized spacial score (nSPS) is 31.5. The number of hydrogen-bond donors (Lipinski definition) is 2. The monoisotopic (exact) mass is 488 g/mol. The van der Waals surface area contributed by atoms with Gasteiger partial charge in [0.25, 0.3) is 0 Å². The van der Waals surface area contributed by atoms with Gasteiger partial charge in [0.1, 0.15) is 12.2 Å². The highest BCUT2D eigenvalue weighted by Crippen LogP contribution is 2.56. The smallest absolute Gasteiger partial charge is 0.406 e. The number of carbonyl (C=O) groups excluding carboxylic acids is 1. The van der Waals surface area contributed by atoms with Crippen molar-refractivity contribution in [2.75, 3.05) is 32.1 Å². The van der Waals surface area contributed by atoms with Gasteiger partial charge in [-0.2, -0.15) is 9.97 Å². The van der Waals surface area contributed by atoms with Crippen LogP contribution in [-0.4, -0.2) is 69.7 Å². The third-order valence-corrected chi connectivity index (χ3v) is 6.83. The molecule has 182 valence electrons. The molecule has 2 fully saturated rings. The Morgan fingerprint density at radius 3 is 2.94 bits per heavy atom. The zero-order valence-corrected chi connectivity index (χ0v) is 19.3. The summed E-state index contributed by atoms with van der Waals surface area (Å²) in [4.78, 5) is 23.9. The van der Waals surface area contributed by atoms with Crippen molar-refractivity contribution in [2.24, 2.45) is 0 Å². The first kappa shape index (κ1) is 23.8. The standard InChI is InChI=1S/C18H26FN6O7P/c1-4-28-11(26)6-7-22-33(27)30-8-10-13(32-33)18(3,19)16(31-10)25-9-21-12-14(25)23-17(20)24-15(12)29-5-2/h9-10,13,16H,4-8H2,1-3H3,(H,22,27)(H2,20,23,24)/t10-,13-,16-,18-,33?/m1/s1. The quantitative estimate of drug-likeness (QED) is 0.407. The number of hydrogen-bond acceptors (Lipinski definition) is 11. The zero-order chi connectivity index (χ0) is 23.8. The molecule has 0 saturated carbocycles. The lowest BCUT2D eigenvalue weighted by Crippen LogP contribution is -2.46. The minimum atomic E-state index is -3.88. The number of esters is 1. The number of nitrogens with two attached hydrogens (primary N) is 1. The first-order valence-corrected chi connectivity index (χ1v) is 12.0. The Bertz CT molecular complexity index is 1080. The summed E-state index contributed by atoms with van der Waals surface area (Å²) < 4.78 is 57.4. The van der Waals surface area contributed by atoms with E-state index in [1.165, 1.54) is 17.8 Å². The molecule has 5 atom stereocenters. The maximum Gasteiger partial charge on any atom is 0.406 e. The molecule has 4 rings (SSSR count). The van der Waals surface area contributed by atoms with Crippen molar-refractivity contribution in [2.45, 2.75) is 51.3 Å². The second-order valence-electron chi connectivity index (χ2n) is 7.60. The number of ether oxygens (including phenoxy) is 3. The lowest BCUT2D eigenvalue weighted by atomic mass is 9.98. The van der Waals surface area contributed by atoms with Crippen LogP contribution < -0.4 is 15.6 Å². The van der Waals surface area contributed by atoms with E-state index in [4.69, 9.17) is 29.0 Å². The van der Waals surface area contributed by atoms with Crippen LogP contribution >= 0.6 is 7.75 Å². The minimum Gasteiger partial charge on any atom is -0.476 e. The van der Waals surface area contributed by atoms with Gasteiger partial charge in [0.15, 0.2) is 23.1 Å². The van der Waals surface area contributed by atoms with E-state index >= 15 is 4.39 Å². The molecule has 2 aliphatic rings. The molecule has 2 aromatic rings. The van der Waals surface area contributed by atoms with E-state index in [9.17, 15) is 9.36 Å². The number of nitrogen functional groups attached to an aromatic ring is 1. The predicted molar refractivity (Wildman–Crippen MR) is 112 cm³/mol. The van der Waals surface area contributed by atoms with Crippen molar-refractivity contribution in [3.8, 4) is 5.88 Å². The van der Waals surface area contributed by atoms with Crippen molar-refractivity contribution in [3.05, 3.63) is 6.33 Å². The molecule has 0 radical (unpaired) electrons. The molecule has 2 aromatic heterocycles. The van der Waals surface area contributed by atoms with Gasteiger partial charge in [-0.1, -0.05) is 0 Å². The van der Waals surface area contributed by atoms with E-state index < -0.39 is 37.8 Å². The molecule has 0 aliphatic carbocycles. The summed E-state index contributed by atoms with van der Waals surface area (Å²) in [5, 5.41) is 2.56. The van der Waals surface area contributed by atoms with Crippen LogP contribution in [-0.2, 0) is 27.9 Å². The molecule has 0 amide bonds. The Morgan fingerprint density at radius 1 is 1.42 bits per heavy atom. The molecule has 0 spiro atoms. The summed E-state index contributed by atoms with van der Waals surface area (Å²) in [5.74, 6) is -0.367. The lowest BCUT2D eigenvalue weighted by molar-refractivity contribution is -0.142. The van der Waals surface area contributed by atoms with Crippen LogP contribution in [0.15, 0.2) is 6.33 Å². The van der Waals surface area contributed by atoms with E-state index in [2.05, 4.69) is 20.0 Å². The summed E-state index contributed by atoms with van der Waals surface area (Å²) in [5.41, 5.74) is 4.15. The number of anilines is 1. The average molecular weight is 488 g/mol. The topological polar surface area (TPSA) is 162 Å². The van der Waals surface area contributed by atoms with Gasteiger partial charge in [-0.05, 0) is 20.8 Å². The Morgan fingerprint density at radius 2 is 2.21 bits per heavy atom. The minimum absolute atomic E-state index is 0.0245. The maximum atomic E-state index is 16.1. The fraction of sp³-hybridized carbons (Fsp3) is 0.667. The van der Waals surface area contributed by atoms with Gasteiger partial charge >= 0.3 is 13.7 Å². The average Bonchev–Trinajstić information content (AvgIpc) is 3.26. The second kappa shape index (κ2) is 9.11. The number of imidazole rings is 1. The number of rotatable bonds is 8. The molecule has 33 heavy (non-hydrogen) atoms. The maximum absolute atomic E-state index is 16.1. The summed E-state index contributed by atoms with van der Waals surface area (Å²) in [6.07, 6.45) is -1.99. The van der Waals surface area contributed by atoms with Crippen molar-refractivity contribution >= 4 is 30.8 Å². The van der Waals surface area contributed by atoms with Crippen molar-refractivity contribution < 1.29 is 37.0 Å². The zero-order valence-electron chi connectivity index (χ0n) is 18.4. The number of nitrogens with one attached hydrogen (secondary N) is 1. The summed E-state index contributed by atoms with van der Waals surface area (Å²) in [7, 11) is -3.88. The van der Waals surface area contributed by atoms with Gasteiger partial charge in [-0.3, -0.25) is 18.4 Å². The molecule has 3 N–H and O–H groups in total. The fourth-order valence-electron chi connectivity index (χ4n) is 3.79. The van der Waals surface area contributed by atoms with E-state index in [0.717, 1.165) is 0 Å². The van der Waals surface area contributed by atoms with Crippen molar-refractivity contribution in [3.63, 3.8) is 0 Å². The van der Waals surface area contributed by atoms with E-state index in [0.29, 0.717) is 12.1 Å². The molecule has 15 heteroatoms. The summed E-state index contributed by atoms with van der Waals surface area (Å²) >= 11 is 0. The Labute approximate surface area is 188 Å². The Balaban J connectivity index is 1.54. The molecule has 2 saturated heterocycles. The SMILES string of the molecule is CCOC(=O)CCNP1(=O)OC[C@H]2O[C@@H](n3cnc4c(OCC)nc(N)nc43)[C@](C)(F)[C@@H]2O1. The van der Waals surface area contributed by atoms with E-state index in [1.54, 1.807) is 13.8 Å². The van der Waals surface area contributed by atoms with Gasteiger partial charge in [0.05, 0.1) is 32.6 Å². The summed E-state index contributed by atoms with van der Waals surface area (Å²) in [6.45, 7) is 5.09. The van der Waals surface area contributed by atoms with Crippen LogP contribution in [0.25, 0.3) is 11.2 Å². The molecule has 4 heterocycles. The molecule has 1 unspecified atom stereocenters. The lowest BCUT2D eigenvalue weighted by Gasteiger charge is -2.34. The highest BCUT2D eigenvalue weighted by atomic mass is 31.2. The second-order valence-corrected chi connectivity index (χ2v) is 9.38. The molecule has 2 aliphatic heterocycles. The third-order valence-electron chi connectivity index (χ3n) is 5.22. The molecular weight excluding hydrogens is 462 g/mol.